The number of carbonyl (C=O) groups is 1. The molecule has 2 rings (SSSR count). The van der Waals surface area contributed by atoms with Gasteiger partial charge in [-0.05, 0) is 35.8 Å². The van der Waals surface area contributed by atoms with Crippen molar-refractivity contribution in [3.63, 3.8) is 0 Å². The Hall–Kier alpha value is -1.56. The van der Waals surface area contributed by atoms with Crippen LogP contribution in [0.2, 0.25) is 0 Å². The van der Waals surface area contributed by atoms with E-state index in [-0.39, 0.29) is 11.9 Å². The smallest absolute Gasteiger partial charge is 0.260 e. The Labute approximate surface area is 107 Å². The zero-order chi connectivity index (χ0) is 12.4. The zero-order valence-corrected chi connectivity index (χ0v) is 11.1. The number of nitrogens with zero attached hydrogens (tertiary/aromatic N) is 2. The molecule has 17 heavy (non-hydrogen) atoms. The highest BCUT2D eigenvalue weighted by atomic mass is 79.9. The Kier molecular flexibility index (Phi) is 3.33. The highest BCUT2D eigenvalue weighted by Gasteiger charge is 2.13. The lowest BCUT2D eigenvalue weighted by molar-refractivity contribution is 0.102. The number of nitrogens with one attached hydrogen (secondary N) is 1. The molecule has 0 aromatic carbocycles. The molecule has 2 heterocycles. The van der Waals surface area contributed by atoms with Crippen molar-refractivity contribution < 1.29 is 9.21 Å². The lowest BCUT2D eigenvalue weighted by Crippen LogP contribution is -2.11. The molecule has 0 unspecified atom stereocenters. The van der Waals surface area contributed by atoms with Crippen LogP contribution in [0.15, 0.2) is 33.8 Å². The maximum absolute atomic E-state index is 11.8. The third-order valence-corrected chi connectivity index (χ3v) is 2.87. The summed E-state index contributed by atoms with van der Waals surface area (Å²) in [7, 11) is 0. The summed E-state index contributed by atoms with van der Waals surface area (Å²) in [6, 6.07) is 1.87. The second-order valence-electron chi connectivity index (χ2n) is 3.86. The van der Waals surface area contributed by atoms with Gasteiger partial charge in [-0.3, -0.25) is 9.48 Å². The first-order valence-electron chi connectivity index (χ1n) is 5.16. The minimum Gasteiger partial charge on any atom is -0.457 e. The van der Waals surface area contributed by atoms with Crippen molar-refractivity contribution in [2.75, 3.05) is 5.32 Å². The molecule has 2 aromatic rings. The predicted molar refractivity (Wildman–Crippen MR) is 67.0 cm³/mol. The van der Waals surface area contributed by atoms with Crippen molar-refractivity contribution in [3.8, 4) is 0 Å². The summed E-state index contributed by atoms with van der Waals surface area (Å²) in [5, 5.41) is 6.89. The fourth-order valence-electron chi connectivity index (χ4n) is 1.34. The van der Waals surface area contributed by atoms with Crippen LogP contribution < -0.4 is 5.32 Å². The van der Waals surface area contributed by atoms with Crippen LogP contribution >= 0.6 is 15.9 Å². The lowest BCUT2D eigenvalue weighted by atomic mass is 10.3. The first kappa shape index (κ1) is 11.9. The molecule has 0 saturated heterocycles. The monoisotopic (exact) mass is 297 g/mol. The van der Waals surface area contributed by atoms with E-state index in [4.69, 9.17) is 4.42 Å². The minimum atomic E-state index is -0.228. The minimum absolute atomic E-state index is 0.228. The summed E-state index contributed by atoms with van der Waals surface area (Å²) in [4.78, 5) is 11.8. The second-order valence-corrected chi connectivity index (χ2v) is 4.59. The highest BCUT2D eigenvalue weighted by molar-refractivity contribution is 9.10. The maximum atomic E-state index is 11.8. The van der Waals surface area contributed by atoms with Crippen LogP contribution in [-0.4, -0.2) is 15.7 Å². The Balaban J connectivity index is 2.11. The van der Waals surface area contributed by atoms with Crippen LogP contribution in [0.4, 0.5) is 5.69 Å². The van der Waals surface area contributed by atoms with Crippen molar-refractivity contribution >= 4 is 27.5 Å². The number of hydrogen-bond donors (Lipinski definition) is 1. The topological polar surface area (TPSA) is 60.1 Å². The number of amides is 1. The molecule has 0 atom stereocenters. The van der Waals surface area contributed by atoms with E-state index in [1.54, 1.807) is 23.1 Å². The van der Waals surface area contributed by atoms with Crippen molar-refractivity contribution in [1.29, 1.82) is 0 Å². The summed E-state index contributed by atoms with van der Waals surface area (Å²) >= 11 is 3.16. The SMILES string of the molecule is CC(C)n1cc(NC(=O)c2ccoc2Br)cn1. The molecule has 2 aromatic heterocycles. The van der Waals surface area contributed by atoms with E-state index in [1.807, 2.05) is 13.8 Å². The molecule has 1 N–H and O–H groups in total. The molecule has 0 radical (unpaired) electrons. The second kappa shape index (κ2) is 4.75. The van der Waals surface area contributed by atoms with Crippen molar-refractivity contribution in [3.05, 3.63) is 35.0 Å². The molecule has 0 bridgehead atoms. The van der Waals surface area contributed by atoms with E-state index in [2.05, 4.69) is 26.3 Å². The Bertz CT molecular complexity index is 530. The molecule has 0 aliphatic rings. The normalized spacial score (nSPS) is 10.8. The Morgan fingerprint density at radius 1 is 1.59 bits per heavy atom. The summed E-state index contributed by atoms with van der Waals surface area (Å²) < 4.78 is 7.20. The number of anilines is 1. The van der Waals surface area contributed by atoms with E-state index in [9.17, 15) is 4.79 Å². The van der Waals surface area contributed by atoms with E-state index in [1.165, 1.54) is 6.26 Å². The van der Waals surface area contributed by atoms with Gasteiger partial charge in [-0.1, -0.05) is 0 Å². The maximum Gasteiger partial charge on any atom is 0.260 e. The lowest BCUT2D eigenvalue weighted by Gasteiger charge is -2.03. The number of carbonyl (C=O) groups excluding carboxylic acids is 1. The molecular formula is C11H12BrN3O2. The number of aromatic nitrogens is 2. The molecule has 0 spiro atoms. The third kappa shape index (κ3) is 2.58. The van der Waals surface area contributed by atoms with Crippen LogP contribution in [0.5, 0.6) is 0 Å². The van der Waals surface area contributed by atoms with Crippen LogP contribution in [0.25, 0.3) is 0 Å². The van der Waals surface area contributed by atoms with Crippen molar-refractivity contribution in [2.45, 2.75) is 19.9 Å². The van der Waals surface area contributed by atoms with Gasteiger partial charge in [0.25, 0.3) is 5.91 Å². The molecule has 5 nitrogen and oxygen atoms in total. The van der Waals surface area contributed by atoms with Gasteiger partial charge >= 0.3 is 0 Å². The first-order valence-corrected chi connectivity index (χ1v) is 5.95. The molecule has 0 saturated carbocycles. The van der Waals surface area contributed by atoms with E-state index in [0.29, 0.717) is 15.9 Å². The number of furan rings is 1. The quantitative estimate of drug-likeness (QED) is 0.947. The molecule has 1 amide bonds. The summed E-state index contributed by atoms with van der Waals surface area (Å²) in [5.41, 5.74) is 1.12. The van der Waals surface area contributed by atoms with Crippen LogP contribution in [0, 0.1) is 0 Å². The fourth-order valence-corrected chi connectivity index (χ4v) is 1.76. The third-order valence-electron chi connectivity index (χ3n) is 2.25. The van der Waals surface area contributed by atoms with Gasteiger partial charge in [0.05, 0.1) is 23.7 Å². The van der Waals surface area contributed by atoms with Gasteiger partial charge in [-0.2, -0.15) is 5.10 Å². The van der Waals surface area contributed by atoms with E-state index >= 15 is 0 Å². The van der Waals surface area contributed by atoms with Gasteiger partial charge in [-0.25, -0.2) is 0 Å². The molecule has 0 aliphatic heterocycles. The first-order chi connectivity index (χ1) is 8.08. The summed E-state index contributed by atoms with van der Waals surface area (Å²) in [5.74, 6) is -0.228. The average molecular weight is 298 g/mol. The average Bonchev–Trinajstić information content (AvgIpc) is 2.86. The molecular weight excluding hydrogens is 286 g/mol. The van der Waals surface area contributed by atoms with Crippen molar-refractivity contribution in [2.24, 2.45) is 0 Å². The van der Waals surface area contributed by atoms with Gasteiger partial charge in [0.15, 0.2) is 4.67 Å². The largest absolute Gasteiger partial charge is 0.457 e. The van der Waals surface area contributed by atoms with Gasteiger partial charge in [0.2, 0.25) is 0 Å². The van der Waals surface area contributed by atoms with Gasteiger partial charge in [0.1, 0.15) is 0 Å². The number of halogens is 1. The fraction of sp³-hybridized carbons (Fsp3) is 0.273. The molecule has 90 valence electrons. The van der Waals surface area contributed by atoms with Gasteiger partial charge in [0, 0.05) is 12.2 Å². The highest BCUT2D eigenvalue weighted by Crippen LogP contribution is 2.19. The standard InChI is InChI=1S/C11H12BrN3O2/c1-7(2)15-6-8(5-13-15)14-11(16)9-3-4-17-10(9)12/h3-7H,1-2H3,(H,14,16). The van der Waals surface area contributed by atoms with Crippen molar-refractivity contribution in [1.82, 2.24) is 9.78 Å². The van der Waals surface area contributed by atoms with Crippen LogP contribution in [-0.2, 0) is 0 Å². The van der Waals surface area contributed by atoms with Crippen LogP contribution in [0.1, 0.15) is 30.2 Å². The summed E-state index contributed by atoms with van der Waals surface area (Å²) in [6.45, 7) is 4.04. The molecule has 6 heteroatoms. The van der Waals surface area contributed by atoms with E-state index in [0.717, 1.165) is 0 Å². The molecule has 0 aliphatic carbocycles. The van der Waals surface area contributed by atoms with Gasteiger partial charge < -0.3 is 9.73 Å². The predicted octanol–water partition coefficient (Wildman–Crippen LogP) is 3.07. The number of rotatable bonds is 3. The van der Waals surface area contributed by atoms with E-state index < -0.39 is 0 Å². The Morgan fingerprint density at radius 3 is 2.88 bits per heavy atom. The van der Waals surface area contributed by atoms with Crippen LogP contribution in [0.3, 0.4) is 0 Å². The number of hydrogen-bond acceptors (Lipinski definition) is 3. The zero-order valence-electron chi connectivity index (χ0n) is 9.48. The Morgan fingerprint density at radius 2 is 2.35 bits per heavy atom. The van der Waals surface area contributed by atoms with Gasteiger partial charge in [-0.15, -0.1) is 0 Å². The summed E-state index contributed by atoms with van der Waals surface area (Å²) in [6.07, 6.45) is 4.86. The molecule has 0 fully saturated rings.